The van der Waals surface area contributed by atoms with Gasteiger partial charge in [0.15, 0.2) is 0 Å². The first-order valence-electron chi connectivity index (χ1n) is 3.81. The second kappa shape index (κ2) is 3.59. The van der Waals surface area contributed by atoms with Crippen LogP contribution in [0.1, 0.15) is 5.76 Å². The molecule has 0 aliphatic heterocycles. The smallest absolute Gasteiger partial charge is 0.311 e. The first-order valence-corrected chi connectivity index (χ1v) is 4.69. The number of carboxylic acids is 1. The van der Waals surface area contributed by atoms with E-state index in [2.05, 4.69) is 9.97 Å². The molecule has 2 aromatic heterocycles. The molecule has 72 valence electrons. The van der Waals surface area contributed by atoms with E-state index in [0.29, 0.717) is 11.7 Å². The average molecular weight is 210 g/mol. The molecule has 0 aliphatic carbocycles. The molecule has 0 aromatic carbocycles. The Morgan fingerprint density at radius 3 is 3.07 bits per heavy atom. The number of rotatable bonds is 3. The molecule has 14 heavy (non-hydrogen) atoms. The molecule has 0 fully saturated rings. The van der Waals surface area contributed by atoms with E-state index in [-0.39, 0.29) is 6.42 Å². The Labute approximate surface area is 83.0 Å². The Balaban J connectivity index is 2.22. The van der Waals surface area contributed by atoms with Gasteiger partial charge in [0, 0.05) is 0 Å². The summed E-state index contributed by atoms with van der Waals surface area (Å²) in [5, 5.41) is 8.51. The van der Waals surface area contributed by atoms with Crippen molar-refractivity contribution in [2.24, 2.45) is 0 Å². The molecular weight excluding hydrogens is 204 g/mol. The van der Waals surface area contributed by atoms with Crippen molar-refractivity contribution in [1.82, 2.24) is 9.97 Å². The third kappa shape index (κ3) is 1.80. The van der Waals surface area contributed by atoms with Gasteiger partial charge >= 0.3 is 5.97 Å². The summed E-state index contributed by atoms with van der Waals surface area (Å²) in [6, 6.07) is 0. The highest BCUT2D eigenvalue weighted by Crippen LogP contribution is 2.22. The Kier molecular flexibility index (Phi) is 2.28. The molecule has 1 N–H and O–H groups in total. The van der Waals surface area contributed by atoms with Gasteiger partial charge in [-0.15, -0.1) is 11.3 Å². The van der Waals surface area contributed by atoms with Gasteiger partial charge in [0.2, 0.25) is 5.89 Å². The Hall–Kier alpha value is -1.69. The standard InChI is InChI=1S/C8H6N2O3S/c11-7(12)1-5-2-10-8(13-5)6-3-9-4-14-6/h2-4H,1H2,(H,11,12). The maximum Gasteiger partial charge on any atom is 0.311 e. The number of aliphatic carboxylic acids is 1. The fraction of sp³-hybridized carbons (Fsp3) is 0.125. The van der Waals surface area contributed by atoms with Crippen LogP contribution in [-0.2, 0) is 11.2 Å². The predicted octanol–water partition coefficient (Wildman–Crippen LogP) is 1.43. The number of hydrogen-bond acceptors (Lipinski definition) is 5. The zero-order valence-corrected chi connectivity index (χ0v) is 7.82. The van der Waals surface area contributed by atoms with Crippen LogP contribution in [0.2, 0.25) is 0 Å². The van der Waals surface area contributed by atoms with E-state index in [1.807, 2.05) is 0 Å². The molecule has 0 unspecified atom stereocenters. The fourth-order valence-corrected chi connectivity index (χ4v) is 1.53. The molecule has 0 saturated carbocycles. The molecule has 2 aromatic rings. The number of thiazole rings is 1. The quantitative estimate of drug-likeness (QED) is 0.829. The van der Waals surface area contributed by atoms with Crippen LogP contribution in [0.5, 0.6) is 0 Å². The normalized spacial score (nSPS) is 10.3. The third-order valence-corrected chi connectivity index (χ3v) is 2.28. The van der Waals surface area contributed by atoms with E-state index in [1.54, 1.807) is 11.7 Å². The summed E-state index contributed by atoms with van der Waals surface area (Å²) >= 11 is 1.39. The van der Waals surface area contributed by atoms with E-state index >= 15 is 0 Å². The molecule has 6 heteroatoms. The van der Waals surface area contributed by atoms with Gasteiger partial charge in [-0.05, 0) is 0 Å². The minimum Gasteiger partial charge on any atom is -0.481 e. The maximum absolute atomic E-state index is 10.4. The molecule has 0 saturated heterocycles. The van der Waals surface area contributed by atoms with Crippen molar-refractivity contribution in [3.8, 4) is 10.8 Å². The zero-order valence-electron chi connectivity index (χ0n) is 7.01. The lowest BCUT2D eigenvalue weighted by Crippen LogP contribution is -1.97. The molecule has 0 amide bonds. The number of carboxylic acid groups (broad SMARTS) is 1. The lowest BCUT2D eigenvalue weighted by molar-refractivity contribution is -0.136. The molecule has 0 radical (unpaired) electrons. The summed E-state index contributed by atoms with van der Waals surface area (Å²) < 4.78 is 5.22. The summed E-state index contributed by atoms with van der Waals surface area (Å²) in [6.07, 6.45) is 2.90. The lowest BCUT2D eigenvalue weighted by Gasteiger charge is -1.88. The molecule has 2 rings (SSSR count). The third-order valence-electron chi connectivity index (χ3n) is 1.52. The van der Waals surface area contributed by atoms with E-state index in [9.17, 15) is 4.79 Å². The largest absolute Gasteiger partial charge is 0.481 e. The van der Waals surface area contributed by atoms with Crippen LogP contribution in [0.15, 0.2) is 22.3 Å². The first kappa shape index (κ1) is 8.89. The number of nitrogens with zero attached hydrogens (tertiary/aromatic N) is 2. The number of aromatic nitrogens is 2. The monoisotopic (exact) mass is 210 g/mol. The van der Waals surface area contributed by atoms with Crippen molar-refractivity contribution in [2.75, 3.05) is 0 Å². The number of oxazole rings is 1. The van der Waals surface area contributed by atoms with Gasteiger partial charge in [-0.25, -0.2) is 4.98 Å². The summed E-state index contributed by atoms with van der Waals surface area (Å²) in [5.41, 5.74) is 1.66. The van der Waals surface area contributed by atoms with Crippen LogP contribution < -0.4 is 0 Å². The highest BCUT2D eigenvalue weighted by Gasteiger charge is 2.10. The van der Waals surface area contributed by atoms with Gasteiger partial charge in [-0.1, -0.05) is 0 Å². The minimum atomic E-state index is -0.933. The van der Waals surface area contributed by atoms with Crippen LogP contribution in [0.25, 0.3) is 10.8 Å². The van der Waals surface area contributed by atoms with Crippen molar-refractivity contribution in [2.45, 2.75) is 6.42 Å². The average Bonchev–Trinajstić information content (AvgIpc) is 2.69. The van der Waals surface area contributed by atoms with Crippen molar-refractivity contribution in [3.63, 3.8) is 0 Å². The van der Waals surface area contributed by atoms with Crippen LogP contribution in [0.4, 0.5) is 0 Å². The summed E-state index contributed by atoms with van der Waals surface area (Å²) in [5.74, 6) is -0.165. The van der Waals surface area contributed by atoms with Crippen LogP contribution in [0.3, 0.4) is 0 Å². The van der Waals surface area contributed by atoms with Crippen LogP contribution in [0, 0.1) is 0 Å². The Bertz CT molecular complexity index is 435. The van der Waals surface area contributed by atoms with Crippen LogP contribution >= 0.6 is 11.3 Å². The second-order valence-electron chi connectivity index (χ2n) is 2.57. The fourth-order valence-electron chi connectivity index (χ4n) is 0.974. The van der Waals surface area contributed by atoms with E-state index in [0.717, 1.165) is 4.88 Å². The summed E-state index contributed by atoms with van der Waals surface area (Å²) in [4.78, 5) is 19.0. The topological polar surface area (TPSA) is 76.2 Å². The first-order chi connectivity index (χ1) is 6.75. The number of carbonyl (C=O) groups is 1. The maximum atomic E-state index is 10.4. The number of hydrogen-bond donors (Lipinski definition) is 1. The van der Waals surface area contributed by atoms with Crippen molar-refractivity contribution < 1.29 is 14.3 Å². The second-order valence-corrected chi connectivity index (χ2v) is 3.45. The van der Waals surface area contributed by atoms with Crippen molar-refractivity contribution in [3.05, 3.63) is 23.7 Å². The molecule has 0 bridgehead atoms. The molecule has 5 nitrogen and oxygen atoms in total. The highest BCUT2D eigenvalue weighted by molar-refractivity contribution is 7.13. The van der Waals surface area contributed by atoms with Gasteiger partial charge in [0.25, 0.3) is 0 Å². The van der Waals surface area contributed by atoms with Gasteiger partial charge in [0.1, 0.15) is 17.1 Å². The molecular formula is C8H6N2O3S. The zero-order chi connectivity index (χ0) is 9.97. The molecule has 0 aliphatic rings. The predicted molar refractivity (Wildman–Crippen MR) is 49.0 cm³/mol. The Morgan fingerprint density at radius 2 is 2.43 bits per heavy atom. The van der Waals surface area contributed by atoms with Gasteiger partial charge in [-0.2, -0.15) is 0 Å². The Morgan fingerprint density at radius 1 is 1.57 bits per heavy atom. The van der Waals surface area contributed by atoms with Gasteiger partial charge in [0.05, 0.1) is 17.9 Å². The minimum absolute atomic E-state index is 0.147. The molecule has 0 spiro atoms. The summed E-state index contributed by atoms with van der Waals surface area (Å²) in [7, 11) is 0. The van der Waals surface area contributed by atoms with Crippen molar-refractivity contribution in [1.29, 1.82) is 0 Å². The van der Waals surface area contributed by atoms with E-state index in [1.165, 1.54) is 17.5 Å². The van der Waals surface area contributed by atoms with E-state index in [4.69, 9.17) is 9.52 Å². The van der Waals surface area contributed by atoms with Crippen molar-refractivity contribution >= 4 is 17.3 Å². The lowest BCUT2D eigenvalue weighted by atomic mass is 10.4. The molecule has 2 heterocycles. The SMILES string of the molecule is O=C(O)Cc1cnc(-c2cncs2)o1. The van der Waals surface area contributed by atoms with Gasteiger partial charge < -0.3 is 9.52 Å². The van der Waals surface area contributed by atoms with Gasteiger partial charge in [-0.3, -0.25) is 9.78 Å². The highest BCUT2D eigenvalue weighted by atomic mass is 32.1. The van der Waals surface area contributed by atoms with E-state index < -0.39 is 5.97 Å². The van der Waals surface area contributed by atoms with Crippen LogP contribution in [-0.4, -0.2) is 21.0 Å². The molecule has 0 atom stereocenters. The summed E-state index contributed by atoms with van der Waals surface area (Å²) in [6.45, 7) is 0.